The van der Waals surface area contributed by atoms with Gasteiger partial charge in [0.25, 0.3) is 0 Å². The predicted molar refractivity (Wildman–Crippen MR) is 165 cm³/mol. The van der Waals surface area contributed by atoms with E-state index in [9.17, 15) is 33.6 Å². The molecule has 18 heteroatoms. The van der Waals surface area contributed by atoms with Gasteiger partial charge in [-0.15, -0.1) is 0 Å². The first-order valence-corrected chi connectivity index (χ1v) is 17.2. The quantitative estimate of drug-likeness (QED) is 0.142. The molecule has 0 amide bonds. The molecule has 0 N–H and O–H groups in total. The fourth-order valence-electron chi connectivity index (χ4n) is 5.20. The van der Waals surface area contributed by atoms with Crippen molar-refractivity contribution >= 4 is 61.2 Å². The van der Waals surface area contributed by atoms with Gasteiger partial charge in [-0.1, -0.05) is 0 Å². The zero-order valence-corrected chi connectivity index (χ0v) is 30.1. The Hall–Kier alpha value is -4.09. The van der Waals surface area contributed by atoms with Crippen molar-refractivity contribution in [1.29, 1.82) is 0 Å². The first-order chi connectivity index (χ1) is 23.5. The van der Waals surface area contributed by atoms with Crippen LogP contribution < -0.4 is 4.46 Å². The summed E-state index contributed by atoms with van der Waals surface area (Å²) in [5.41, 5.74) is 0. The minimum atomic E-state index is -1.74. The van der Waals surface area contributed by atoms with Gasteiger partial charge >= 0.3 is 294 Å². The van der Waals surface area contributed by atoms with Gasteiger partial charge in [-0.2, -0.15) is 0 Å². The van der Waals surface area contributed by atoms with Crippen LogP contribution >= 0.6 is 0 Å². The molecule has 50 heavy (non-hydrogen) atoms. The standard InChI is InChI=1S/C32H40O17Se/c1-15(33)40-13-23-25(42-17(3)35)27(43-18(4)36)29(45-20(6)38)31(47-23)49-26-24(14-41-16(2)34)48-32(50-22-11-9-8-10-12-22)30(46-21(7)39)28(26)44-19(5)37/h8-12,23-32H,13-14H2,1-7H3/t23?,24?,25-,26+,27?,28?,29?,30?,31-,32-/m0/s1. The molecule has 17 nitrogen and oxygen atoms in total. The third-order valence-electron chi connectivity index (χ3n) is 6.88. The molecule has 2 aliphatic heterocycles. The third-order valence-corrected chi connectivity index (χ3v) is 9.31. The second kappa shape index (κ2) is 18.8. The van der Waals surface area contributed by atoms with E-state index in [2.05, 4.69) is 0 Å². The number of carbonyl (C=O) groups is 7. The summed E-state index contributed by atoms with van der Waals surface area (Å²) in [5.74, 6) is -5.56. The summed E-state index contributed by atoms with van der Waals surface area (Å²) in [6, 6.07) is 9.08. The summed E-state index contributed by atoms with van der Waals surface area (Å²) < 4.78 is 57.9. The summed E-state index contributed by atoms with van der Waals surface area (Å²) in [5, 5.41) is -0.908. The van der Waals surface area contributed by atoms with Gasteiger partial charge < -0.3 is 0 Å². The van der Waals surface area contributed by atoms with Crippen LogP contribution in [0.4, 0.5) is 0 Å². The van der Waals surface area contributed by atoms with Gasteiger partial charge in [0.05, 0.1) is 0 Å². The van der Waals surface area contributed by atoms with Crippen LogP contribution in [0.15, 0.2) is 30.3 Å². The topological polar surface area (TPSA) is 212 Å². The first kappa shape index (κ1) is 40.3. The minimum absolute atomic E-state index is 0.447. The zero-order valence-electron chi connectivity index (χ0n) is 28.4. The Morgan fingerprint density at radius 3 is 1.42 bits per heavy atom. The van der Waals surface area contributed by atoms with Crippen LogP contribution in [-0.4, -0.2) is 130 Å². The summed E-state index contributed by atoms with van der Waals surface area (Å²) >= 11 is -0.576. The molecule has 2 fully saturated rings. The molecule has 0 aliphatic carbocycles. The number of hydrogen-bond acceptors (Lipinski definition) is 17. The van der Waals surface area contributed by atoms with Crippen molar-refractivity contribution in [2.75, 3.05) is 13.2 Å². The predicted octanol–water partition coefficient (Wildman–Crippen LogP) is -0.364. The third kappa shape index (κ3) is 12.1. The number of hydrogen-bond donors (Lipinski definition) is 0. The van der Waals surface area contributed by atoms with E-state index in [1.54, 1.807) is 12.1 Å². The van der Waals surface area contributed by atoms with E-state index in [1.807, 2.05) is 18.2 Å². The van der Waals surface area contributed by atoms with E-state index in [4.69, 9.17) is 47.4 Å². The Kier molecular flexibility index (Phi) is 15.1. The van der Waals surface area contributed by atoms with Gasteiger partial charge in [0.1, 0.15) is 0 Å². The molecular weight excluding hydrogens is 735 g/mol. The summed E-state index contributed by atoms with van der Waals surface area (Å²) in [4.78, 5) is 85.5. The zero-order chi connectivity index (χ0) is 37.1. The molecule has 0 radical (unpaired) electrons. The molecule has 2 aliphatic rings. The molecule has 0 saturated carbocycles. The molecule has 6 unspecified atom stereocenters. The first-order valence-electron chi connectivity index (χ1n) is 15.4. The van der Waals surface area contributed by atoms with Crippen LogP contribution in [-0.2, 0) is 80.9 Å². The summed E-state index contributed by atoms with van der Waals surface area (Å²) in [6.45, 7) is 6.74. The van der Waals surface area contributed by atoms with Crippen molar-refractivity contribution in [3.05, 3.63) is 30.3 Å². The van der Waals surface area contributed by atoms with Crippen LogP contribution in [0.2, 0.25) is 0 Å². The molecule has 1 aromatic carbocycles. The second-order valence-electron chi connectivity index (χ2n) is 11.1. The molecule has 1 aromatic rings. The molecule has 10 atom stereocenters. The van der Waals surface area contributed by atoms with E-state index in [0.717, 1.165) is 52.9 Å². The van der Waals surface area contributed by atoms with E-state index in [1.165, 1.54) is 0 Å². The van der Waals surface area contributed by atoms with Crippen molar-refractivity contribution in [2.45, 2.75) is 109 Å². The van der Waals surface area contributed by atoms with Gasteiger partial charge in [0.15, 0.2) is 0 Å². The fourth-order valence-corrected chi connectivity index (χ4v) is 7.56. The number of esters is 7. The van der Waals surface area contributed by atoms with Crippen LogP contribution in [0.5, 0.6) is 0 Å². The average molecular weight is 776 g/mol. The molecule has 2 saturated heterocycles. The Labute approximate surface area is 293 Å². The van der Waals surface area contributed by atoms with E-state index < -0.39 is 130 Å². The Morgan fingerprint density at radius 1 is 0.520 bits per heavy atom. The van der Waals surface area contributed by atoms with Crippen molar-refractivity contribution in [3.63, 3.8) is 0 Å². The van der Waals surface area contributed by atoms with Crippen LogP contribution in [0.25, 0.3) is 0 Å². The average Bonchev–Trinajstić information content (AvgIpc) is 3.00. The molecule has 0 bridgehead atoms. The Morgan fingerprint density at radius 2 is 0.940 bits per heavy atom. The summed E-state index contributed by atoms with van der Waals surface area (Å²) in [7, 11) is 0. The molecule has 0 spiro atoms. The van der Waals surface area contributed by atoms with Gasteiger partial charge in [0, 0.05) is 0 Å². The summed E-state index contributed by atoms with van der Waals surface area (Å²) in [6.07, 6.45) is -13.2. The van der Waals surface area contributed by atoms with Crippen molar-refractivity contribution in [2.24, 2.45) is 0 Å². The van der Waals surface area contributed by atoms with E-state index in [0.29, 0.717) is 0 Å². The number of benzene rings is 1. The van der Waals surface area contributed by atoms with Gasteiger partial charge in [-0.3, -0.25) is 0 Å². The Bertz CT molecular complexity index is 1390. The van der Waals surface area contributed by atoms with Crippen LogP contribution in [0.3, 0.4) is 0 Å². The number of ether oxygens (including phenoxy) is 10. The molecule has 0 aromatic heterocycles. The van der Waals surface area contributed by atoms with Gasteiger partial charge in [-0.05, 0) is 0 Å². The molecule has 276 valence electrons. The second-order valence-corrected chi connectivity index (χ2v) is 13.6. The van der Waals surface area contributed by atoms with Gasteiger partial charge in [-0.25, -0.2) is 0 Å². The van der Waals surface area contributed by atoms with Crippen LogP contribution in [0.1, 0.15) is 48.5 Å². The maximum atomic E-state index is 12.6. The number of carbonyl (C=O) groups excluding carboxylic acids is 7. The van der Waals surface area contributed by atoms with Crippen LogP contribution in [0, 0.1) is 0 Å². The number of rotatable bonds is 13. The Balaban J connectivity index is 2.16. The van der Waals surface area contributed by atoms with E-state index in [-0.39, 0.29) is 0 Å². The molecule has 3 rings (SSSR count). The van der Waals surface area contributed by atoms with Crippen molar-refractivity contribution in [3.8, 4) is 0 Å². The maximum absolute atomic E-state index is 12.6. The van der Waals surface area contributed by atoms with Crippen molar-refractivity contribution < 1.29 is 80.9 Å². The normalized spacial score (nSPS) is 29.0. The molecule has 2 heterocycles. The monoisotopic (exact) mass is 776 g/mol. The van der Waals surface area contributed by atoms with Crippen molar-refractivity contribution in [1.82, 2.24) is 0 Å². The van der Waals surface area contributed by atoms with Gasteiger partial charge in [0.2, 0.25) is 0 Å². The molecular formula is C32H40O17Se. The SMILES string of the molecule is CC(=O)OCC1O[C@@H]([Se]c2ccccc2)C(OC(C)=O)C(OC(C)=O)[C@@H]1O[C@@H]1OC(COC(C)=O)[C@H](OC(C)=O)C(OC(C)=O)C1OC(C)=O. The van der Waals surface area contributed by atoms with E-state index >= 15 is 0 Å². The fraction of sp³-hybridized carbons (Fsp3) is 0.594.